The Morgan fingerprint density at radius 2 is 1.91 bits per heavy atom. The van der Waals surface area contributed by atoms with E-state index < -0.39 is 24.3 Å². The molecule has 2 aliphatic carbocycles. The second-order valence-corrected chi connectivity index (χ2v) is 8.86. The molecule has 172 valence electrons. The lowest BCUT2D eigenvalue weighted by atomic mass is 9.86. The average molecular weight is 444 g/mol. The molecule has 0 aromatic carbocycles. The SMILES string of the molecule is O=C(O)CNC(=O)C1=C(O)CCN(CC2CCC(Oc3ccc(C4CC4)cn3)CC2)C1=O. The maximum Gasteiger partial charge on any atom is 0.322 e. The summed E-state index contributed by atoms with van der Waals surface area (Å²) in [4.78, 5) is 41.6. The second-order valence-electron chi connectivity index (χ2n) is 8.86. The van der Waals surface area contributed by atoms with Crippen LogP contribution in [0, 0.1) is 5.92 Å². The van der Waals surface area contributed by atoms with Crippen molar-refractivity contribution in [1.29, 1.82) is 0 Å². The number of aromatic nitrogens is 1. The topological polar surface area (TPSA) is 129 Å². The van der Waals surface area contributed by atoms with E-state index in [-0.39, 0.29) is 29.8 Å². The number of carboxylic acid groups (broad SMARTS) is 1. The van der Waals surface area contributed by atoms with Crippen molar-refractivity contribution >= 4 is 17.8 Å². The van der Waals surface area contributed by atoms with Crippen LogP contribution in [0.1, 0.15) is 56.4 Å². The number of hydrogen-bond acceptors (Lipinski definition) is 6. The van der Waals surface area contributed by atoms with Gasteiger partial charge in [-0.15, -0.1) is 0 Å². The van der Waals surface area contributed by atoms with Crippen LogP contribution in [0.5, 0.6) is 5.88 Å². The van der Waals surface area contributed by atoms with Crippen molar-refractivity contribution in [2.24, 2.45) is 5.92 Å². The van der Waals surface area contributed by atoms with Crippen molar-refractivity contribution in [2.75, 3.05) is 19.6 Å². The standard InChI is InChI=1S/C23H29N3O6/c27-18-9-10-26(23(31)21(18)22(30)25-12-20(28)29)13-14-1-6-17(7-2-14)32-19-8-5-16(11-24-19)15-3-4-15/h5,8,11,14-15,17,27H,1-4,6-7,9-10,12-13H2,(H,25,30)(H,28,29). The zero-order valence-electron chi connectivity index (χ0n) is 18.0. The minimum absolute atomic E-state index is 0.101. The summed E-state index contributed by atoms with van der Waals surface area (Å²) in [5.41, 5.74) is 0.929. The maximum absolute atomic E-state index is 12.7. The van der Waals surface area contributed by atoms with Crippen molar-refractivity contribution in [2.45, 2.75) is 57.0 Å². The quantitative estimate of drug-likeness (QED) is 0.525. The third-order valence-corrected chi connectivity index (χ3v) is 6.40. The van der Waals surface area contributed by atoms with E-state index in [4.69, 9.17) is 9.84 Å². The zero-order chi connectivity index (χ0) is 22.7. The summed E-state index contributed by atoms with van der Waals surface area (Å²) in [7, 11) is 0. The van der Waals surface area contributed by atoms with Crippen LogP contribution < -0.4 is 10.1 Å². The van der Waals surface area contributed by atoms with Crippen molar-refractivity contribution < 1.29 is 29.3 Å². The van der Waals surface area contributed by atoms with Gasteiger partial charge in [-0.3, -0.25) is 14.4 Å². The Morgan fingerprint density at radius 1 is 1.16 bits per heavy atom. The molecule has 4 rings (SSSR count). The van der Waals surface area contributed by atoms with Crippen LogP contribution >= 0.6 is 0 Å². The number of rotatable bonds is 8. The highest BCUT2D eigenvalue weighted by molar-refractivity contribution is 6.19. The fourth-order valence-electron chi connectivity index (χ4n) is 4.43. The molecule has 2 amide bonds. The minimum atomic E-state index is -1.22. The van der Waals surface area contributed by atoms with Gasteiger partial charge in [-0.2, -0.15) is 0 Å². The minimum Gasteiger partial charge on any atom is -0.511 e. The molecular weight excluding hydrogens is 414 g/mol. The fraction of sp³-hybridized carbons (Fsp3) is 0.565. The Balaban J connectivity index is 1.25. The van der Waals surface area contributed by atoms with Crippen molar-refractivity contribution in [3.63, 3.8) is 0 Å². The third-order valence-electron chi connectivity index (χ3n) is 6.40. The molecule has 1 aliphatic heterocycles. The molecule has 0 radical (unpaired) electrons. The van der Waals surface area contributed by atoms with Crippen LogP contribution in [0.3, 0.4) is 0 Å². The molecule has 2 heterocycles. The molecule has 0 bridgehead atoms. The van der Waals surface area contributed by atoms with Gasteiger partial charge in [0, 0.05) is 31.8 Å². The van der Waals surface area contributed by atoms with E-state index in [1.54, 1.807) is 4.90 Å². The van der Waals surface area contributed by atoms with Crippen molar-refractivity contribution in [1.82, 2.24) is 15.2 Å². The number of hydrogen-bond donors (Lipinski definition) is 3. The van der Waals surface area contributed by atoms with Gasteiger partial charge in [-0.05, 0) is 55.9 Å². The van der Waals surface area contributed by atoms with Gasteiger partial charge < -0.3 is 25.2 Å². The Morgan fingerprint density at radius 3 is 2.53 bits per heavy atom. The van der Waals surface area contributed by atoms with E-state index in [2.05, 4.69) is 16.4 Å². The summed E-state index contributed by atoms with van der Waals surface area (Å²) in [6.45, 7) is 0.238. The summed E-state index contributed by atoms with van der Waals surface area (Å²) >= 11 is 0. The third kappa shape index (κ3) is 5.38. The smallest absolute Gasteiger partial charge is 0.322 e. The van der Waals surface area contributed by atoms with Crippen molar-refractivity contribution in [3.05, 3.63) is 35.2 Å². The lowest BCUT2D eigenvalue weighted by Gasteiger charge is -2.34. The van der Waals surface area contributed by atoms with Gasteiger partial charge in [0.1, 0.15) is 24.0 Å². The van der Waals surface area contributed by atoms with Gasteiger partial charge >= 0.3 is 5.97 Å². The number of amides is 2. The first-order valence-electron chi connectivity index (χ1n) is 11.2. The number of carbonyl (C=O) groups excluding carboxylic acids is 2. The van der Waals surface area contributed by atoms with Crippen molar-refractivity contribution in [3.8, 4) is 5.88 Å². The maximum atomic E-state index is 12.7. The number of pyridine rings is 1. The number of ether oxygens (including phenoxy) is 1. The molecule has 0 atom stereocenters. The summed E-state index contributed by atoms with van der Waals surface area (Å²) in [6, 6.07) is 4.04. The lowest BCUT2D eigenvalue weighted by molar-refractivity contribution is -0.138. The van der Waals surface area contributed by atoms with Crippen LogP contribution in [0.2, 0.25) is 0 Å². The second kappa shape index (κ2) is 9.58. The fourth-order valence-corrected chi connectivity index (χ4v) is 4.43. The van der Waals surface area contributed by atoms with E-state index in [0.29, 0.717) is 24.9 Å². The van der Waals surface area contributed by atoms with E-state index in [1.165, 1.54) is 18.4 Å². The van der Waals surface area contributed by atoms with Crippen LogP contribution in [0.25, 0.3) is 0 Å². The first kappa shape index (κ1) is 22.1. The molecule has 32 heavy (non-hydrogen) atoms. The average Bonchev–Trinajstić information content (AvgIpc) is 3.62. The first-order chi connectivity index (χ1) is 15.4. The molecule has 0 spiro atoms. The highest BCUT2D eigenvalue weighted by Gasteiger charge is 2.34. The van der Waals surface area contributed by atoms with Gasteiger partial charge in [-0.25, -0.2) is 4.98 Å². The number of nitrogens with zero attached hydrogens (tertiary/aromatic N) is 2. The zero-order valence-corrected chi connectivity index (χ0v) is 18.0. The Kier molecular flexibility index (Phi) is 6.62. The molecule has 1 aromatic heterocycles. The van der Waals surface area contributed by atoms with E-state index in [1.807, 2.05) is 12.3 Å². The van der Waals surface area contributed by atoms with E-state index in [9.17, 15) is 19.5 Å². The number of aliphatic carboxylic acids is 1. The molecule has 0 saturated heterocycles. The van der Waals surface area contributed by atoms with Crippen LogP contribution in [-0.2, 0) is 14.4 Å². The van der Waals surface area contributed by atoms with Gasteiger partial charge in [0.2, 0.25) is 5.88 Å². The Hall–Kier alpha value is -3.10. The molecule has 0 unspecified atom stereocenters. The summed E-state index contributed by atoms with van der Waals surface area (Å²) in [5.74, 6) is -1.29. The highest BCUT2D eigenvalue weighted by Crippen LogP contribution is 2.40. The highest BCUT2D eigenvalue weighted by atomic mass is 16.5. The number of carboxylic acids is 1. The largest absolute Gasteiger partial charge is 0.511 e. The first-order valence-corrected chi connectivity index (χ1v) is 11.2. The van der Waals surface area contributed by atoms with Gasteiger partial charge in [0.05, 0.1) is 0 Å². The summed E-state index contributed by atoms with van der Waals surface area (Å²) in [6.07, 6.45) is 8.21. The van der Waals surface area contributed by atoms with Crippen LogP contribution in [0.15, 0.2) is 29.7 Å². The predicted molar refractivity (Wildman–Crippen MR) is 114 cm³/mol. The molecule has 9 nitrogen and oxygen atoms in total. The summed E-state index contributed by atoms with van der Waals surface area (Å²) < 4.78 is 6.05. The normalized spacial score (nSPS) is 23.8. The summed E-state index contributed by atoms with van der Waals surface area (Å²) in [5, 5.41) is 20.9. The predicted octanol–water partition coefficient (Wildman–Crippen LogP) is 2.14. The number of aliphatic hydroxyl groups is 1. The molecule has 1 aromatic rings. The Bertz CT molecular complexity index is 901. The van der Waals surface area contributed by atoms with Gasteiger partial charge in [0.15, 0.2) is 0 Å². The monoisotopic (exact) mass is 443 g/mol. The molecule has 9 heteroatoms. The number of aliphatic hydroxyl groups excluding tert-OH is 1. The molecule has 3 N–H and O–H groups in total. The van der Waals surface area contributed by atoms with Gasteiger partial charge in [0.25, 0.3) is 11.8 Å². The van der Waals surface area contributed by atoms with Gasteiger partial charge in [-0.1, -0.05) is 6.07 Å². The van der Waals surface area contributed by atoms with E-state index >= 15 is 0 Å². The lowest BCUT2D eigenvalue weighted by Crippen LogP contribution is -2.45. The number of carbonyl (C=O) groups is 3. The Labute approximate surface area is 186 Å². The number of nitrogens with one attached hydrogen (secondary N) is 1. The van der Waals surface area contributed by atoms with Crippen LogP contribution in [0.4, 0.5) is 0 Å². The van der Waals surface area contributed by atoms with Crippen LogP contribution in [-0.4, -0.2) is 63.6 Å². The molecule has 2 fully saturated rings. The molecule has 3 aliphatic rings. The molecule has 2 saturated carbocycles. The molecular formula is C23H29N3O6. The van der Waals surface area contributed by atoms with E-state index in [0.717, 1.165) is 25.7 Å².